The summed E-state index contributed by atoms with van der Waals surface area (Å²) in [6.45, 7) is 0. The van der Waals surface area contributed by atoms with Crippen molar-refractivity contribution in [2.24, 2.45) is 0 Å². The number of halogens is 4. The number of aromatic nitrogens is 3. The van der Waals surface area contributed by atoms with Gasteiger partial charge in [0.15, 0.2) is 5.82 Å². The summed E-state index contributed by atoms with van der Waals surface area (Å²) in [6.07, 6.45) is -4.55. The molecule has 1 amide bonds. The number of amides is 1. The van der Waals surface area contributed by atoms with Gasteiger partial charge in [0, 0.05) is 10.6 Å². The van der Waals surface area contributed by atoms with E-state index in [1.54, 1.807) is 24.3 Å². The van der Waals surface area contributed by atoms with Crippen molar-refractivity contribution in [1.82, 2.24) is 15.2 Å². The molecule has 3 rings (SSSR count). The van der Waals surface area contributed by atoms with Crippen molar-refractivity contribution in [2.45, 2.75) is 11.3 Å². The van der Waals surface area contributed by atoms with E-state index >= 15 is 0 Å². The highest BCUT2D eigenvalue weighted by Crippen LogP contribution is 2.34. The maximum Gasteiger partial charge on any atom is 0.418 e. The van der Waals surface area contributed by atoms with E-state index in [2.05, 4.69) is 20.5 Å². The highest BCUT2D eigenvalue weighted by molar-refractivity contribution is 7.99. The number of carbonyl (C=O) groups is 1. The van der Waals surface area contributed by atoms with E-state index in [4.69, 9.17) is 11.6 Å². The average molecular weight is 413 g/mol. The van der Waals surface area contributed by atoms with Gasteiger partial charge in [0.1, 0.15) is 0 Å². The number of thioether (sulfide) groups is 1. The number of anilines is 1. The Balaban J connectivity index is 1.61. The lowest BCUT2D eigenvalue weighted by Gasteiger charge is -2.13. The lowest BCUT2D eigenvalue weighted by molar-refractivity contribution is -0.137. The van der Waals surface area contributed by atoms with Crippen molar-refractivity contribution < 1.29 is 18.0 Å². The van der Waals surface area contributed by atoms with Gasteiger partial charge in [-0.1, -0.05) is 35.5 Å². The Hall–Kier alpha value is -2.52. The van der Waals surface area contributed by atoms with Crippen LogP contribution in [0.2, 0.25) is 5.02 Å². The Kier molecular flexibility index (Phi) is 5.71. The molecule has 0 aliphatic carbocycles. The fraction of sp³-hybridized carbons (Fsp3) is 0.118. The van der Waals surface area contributed by atoms with Crippen LogP contribution in [0.5, 0.6) is 0 Å². The van der Waals surface area contributed by atoms with Gasteiger partial charge in [-0.15, -0.1) is 5.10 Å². The molecule has 0 spiro atoms. The van der Waals surface area contributed by atoms with Crippen LogP contribution >= 0.6 is 23.4 Å². The van der Waals surface area contributed by atoms with E-state index in [0.29, 0.717) is 16.0 Å². The van der Waals surface area contributed by atoms with Crippen molar-refractivity contribution in [1.29, 1.82) is 0 Å². The number of nitrogens with one attached hydrogen (secondary N) is 2. The number of hydrogen-bond acceptors (Lipinski definition) is 4. The maximum absolute atomic E-state index is 12.9. The molecule has 1 aromatic heterocycles. The molecule has 0 bridgehead atoms. The average Bonchev–Trinajstić information content (AvgIpc) is 3.09. The van der Waals surface area contributed by atoms with Crippen LogP contribution in [0, 0.1) is 0 Å². The number of benzene rings is 2. The first-order chi connectivity index (χ1) is 12.8. The third-order valence-electron chi connectivity index (χ3n) is 3.42. The van der Waals surface area contributed by atoms with Gasteiger partial charge in [-0.25, -0.2) is 4.98 Å². The van der Waals surface area contributed by atoms with Crippen LogP contribution in [0.3, 0.4) is 0 Å². The van der Waals surface area contributed by atoms with Gasteiger partial charge in [0.05, 0.1) is 17.0 Å². The molecule has 2 aromatic carbocycles. The normalized spacial score (nSPS) is 11.4. The minimum Gasteiger partial charge on any atom is -0.325 e. The number of alkyl halides is 3. The lowest BCUT2D eigenvalue weighted by atomic mass is 10.1. The predicted molar refractivity (Wildman–Crippen MR) is 97.6 cm³/mol. The molecule has 2 N–H and O–H groups in total. The molecule has 0 saturated carbocycles. The summed E-state index contributed by atoms with van der Waals surface area (Å²) in [6, 6.07) is 11.7. The molecule has 140 valence electrons. The van der Waals surface area contributed by atoms with Crippen LogP contribution in [-0.4, -0.2) is 26.8 Å². The third kappa shape index (κ3) is 5.01. The quantitative estimate of drug-likeness (QED) is 0.586. The Morgan fingerprint density at radius 2 is 1.85 bits per heavy atom. The zero-order valence-corrected chi connectivity index (χ0v) is 15.1. The van der Waals surface area contributed by atoms with E-state index in [0.717, 1.165) is 23.4 Å². The Bertz CT molecular complexity index is 944. The second-order valence-corrected chi connectivity index (χ2v) is 6.73. The van der Waals surface area contributed by atoms with Gasteiger partial charge in [-0.2, -0.15) is 13.2 Å². The van der Waals surface area contributed by atoms with Crippen LogP contribution in [0.25, 0.3) is 11.4 Å². The van der Waals surface area contributed by atoms with Crippen molar-refractivity contribution in [3.05, 3.63) is 59.1 Å². The van der Waals surface area contributed by atoms with Crippen LogP contribution in [-0.2, 0) is 11.0 Å². The van der Waals surface area contributed by atoms with Crippen molar-refractivity contribution >= 4 is 35.0 Å². The first kappa shape index (κ1) is 19.2. The highest BCUT2D eigenvalue weighted by atomic mass is 35.5. The molecular formula is C17H12ClF3N4OS. The third-order valence-corrected chi connectivity index (χ3v) is 4.52. The second-order valence-electron chi connectivity index (χ2n) is 5.35. The number of aromatic amines is 1. The molecule has 10 heteroatoms. The van der Waals surface area contributed by atoms with Gasteiger partial charge in [0.25, 0.3) is 0 Å². The van der Waals surface area contributed by atoms with Crippen molar-refractivity contribution in [2.75, 3.05) is 11.1 Å². The minimum absolute atomic E-state index is 0.135. The van der Waals surface area contributed by atoms with Gasteiger partial charge in [-0.05, 0) is 36.4 Å². The summed E-state index contributed by atoms with van der Waals surface area (Å²) in [5.41, 5.74) is -0.416. The summed E-state index contributed by atoms with van der Waals surface area (Å²) < 4.78 is 38.8. The first-order valence-electron chi connectivity index (χ1n) is 7.60. The Morgan fingerprint density at radius 3 is 2.56 bits per heavy atom. The summed E-state index contributed by atoms with van der Waals surface area (Å²) >= 11 is 6.84. The van der Waals surface area contributed by atoms with Crippen LogP contribution in [0.1, 0.15) is 5.56 Å². The topological polar surface area (TPSA) is 70.7 Å². The molecule has 0 radical (unpaired) electrons. The van der Waals surface area contributed by atoms with Gasteiger partial charge >= 0.3 is 6.18 Å². The van der Waals surface area contributed by atoms with Crippen LogP contribution in [0.15, 0.2) is 53.7 Å². The monoisotopic (exact) mass is 412 g/mol. The summed E-state index contributed by atoms with van der Waals surface area (Å²) in [4.78, 5) is 16.2. The van der Waals surface area contributed by atoms with E-state index < -0.39 is 17.6 Å². The minimum atomic E-state index is -4.55. The SMILES string of the molecule is O=C(CSc1n[nH]c(-c2ccc(Cl)cc2)n1)Nc1ccccc1C(F)(F)F. The maximum atomic E-state index is 12.9. The van der Waals surface area contributed by atoms with E-state index in [1.807, 2.05) is 0 Å². The van der Waals surface area contributed by atoms with Gasteiger partial charge < -0.3 is 5.32 Å². The Labute approximate surface area is 161 Å². The van der Waals surface area contributed by atoms with Crippen LogP contribution in [0.4, 0.5) is 18.9 Å². The molecule has 0 unspecified atom stereocenters. The summed E-state index contributed by atoms with van der Waals surface area (Å²) in [7, 11) is 0. The van der Waals surface area contributed by atoms with E-state index in [-0.39, 0.29) is 11.4 Å². The molecule has 0 atom stereocenters. The molecule has 0 aliphatic rings. The van der Waals surface area contributed by atoms with Crippen molar-refractivity contribution in [3.8, 4) is 11.4 Å². The smallest absolute Gasteiger partial charge is 0.325 e. The molecule has 0 saturated heterocycles. The van der Waals surface area contributed by atoms with Gasteiger partial charge in [-0.3, -0.25) is 9.89 Å². The Morgan fingerprint density at radius 1 is 1.15 bits per heavy atom. The second kappa shape index (κ2) is 8.01. The first-order valence-corrected chi connectivity index (χ1v) is 8.96. The lowest BCUT2D eigenvalue weighted by Crippen LogP contribution is -2.18. The molecular weight excluding hydrogens is 401 g/mol. The van der Waals surface area contributed by atoms with Gasteiger partial charge in [0.2, 0.25) is 11.1 Å². The van der Waals surface area contributed by atoms with Crippen molar-refractivity contribution in [3.63, 3.8) is 0 Å². The van der Waals surface area contributed by atoms with Crippen LogP contribution < -0.4 is 5.32 Å². The number of rotatable bonds is 5. The highest BCUT2D eigenvalue weighted by Gasteiger charge is 2.33. The molecule has 0 fully saturated rings. The number of para-hydroxylation sites is 1. The molecule has 0 aliphatic heterocycles. The summed E-state index contributed by atoms with van der Waals surface area (Å²) in [5.74, 6) is -0.226. The molecule has 3 aromatic rings. The standard InChI is InChI=1S/C17H12ClF3N4OS/c18-11-7-5-10(6-8-11)15-23-16(25-24-15)27-9-14(26)22-13-4-2-1-3-12(13)17(19,20)21/h1-8H,9H2,(H,22,26)(H,23,24,25). The zero-order chi connectivity index (χ0) is 19.4. The van der Waals surface area contributed by atoms with E-state index in [1.165, 1.54) is 18.2 Å². The molecule has 27 heavy (non-hydrogen) atoms. The van der Waals surface area contributed by atoms with E-state index in [9.17, 15) is 18.0 Å². The zero-order valence-electron chi connectivity index (χ0n) is 13.5. The number of hydrogen-bond donors (Lipinski definition) is 2. The molecule has 5 nitrogen and oxygen atoms in total. The largest absolute Gasteiger partial charge is 0.418 e. The summed E-state index contributed by atoms with van der Waals surface area (Å²) in [5, 5.41) is 9.89. The molecule has 1 heterocycles. The number of carbonyl (C=O) groups excluding carboxylic acids is 1. The number of H-pyrrole nitrogens is 1. The fourth-order valence-electron chi connectivity index (χ4n) is 2.20. The fourth-order valence-corrected chi connectivity index (χ4v) is 2.93. The number of nitrogens with zero attached hydrogens (tertiary/aromatic N) is 2. The predicted octanol–water partition coefficient (Wildman–Crippen LogP) is 4.87.